The largest absolute Gasteiger partial charge is 0.333 e. The summed E-state index contributed by atoms with van der Waals surface area (Å²) in [6.07, 6.45) is 5.99. The Morgan fingerprint density at radius 3 is 2.69 bits per heavy atom. The Kier molecular flexibility index (Phi) is 5.37. The van der Waals surface area contributed by atoms with Crippen molar-refractivity contribution in [3.05, 3.63) is 53.6 Å². The van der Waals surface area contributed by atoms with E-state index in [1.165, 1.54) is 18.6 Å². The lowest BCUT2D eigenvalue weighted by atomic mass is 10.00. The molecule has 0 aliphatic carbocycles. The molecule has 3 heterocycles. The van der Waals surface area contributed by atoms with E-state index in [4.69, 9.17) is 0 Å². The molecule has 1 fully saturated rings. The van der Waals surface area contributed by atoms with E-state index in [1.807, 2.05) is 20.2 Å². The summed E-state index contributed by atoms with van der Waals surface area (Å²) in [6, 6.07) is 5.54. The fourth-order valence-corrected chi connectivity index (χ4v) is 5.48. The van der Waals surface area contributed by atoms with Gasteiger partial charge in [-0.2, -0.15) is 4.31 Å². The number of fused-ring (bicyclic) bond motifs is 1. The van der Waals surface area contributed by atoms with Gasteiger partial charge in [0.2, 0.25) is 10.0 Å². The quantitative estimate of drug-likeness (QED) is 0.741. The zero-order valence-corrected chi connectivity index (χ0v) is 17.5. The summed E-state index contributed by atoms with van der Waals surface area (Å²) in [5, 5.41) is 0. The number of hydrogen-bond donors (Lipinski definition) is 0. The molecular formula is C20H25N5O3S. The first-order chi connectivity index (χ1) is 13.9. The fraction of sp³-hybridized carbons (Fsp3) is 0.450. The summed E-state index contributed by atoms with van der Waals surface area (Å²) in [6.45, 7) is 1.98. The average Bonchev–Trinajstić information content (AvgIpc) is 3.24. The number of nitrogens with zero attached hydrogens (tertiary/aromatic N) is 5. The molecule has 0 N–H and O–H groups in total. The van der Waals surface area contributed by atoms with Crippen molar-refractivity contribution in [3.8, 4) is 0 Å². The van der Waals surface area contributed by atoms with Crippen molar-refractivity contribution in [1.82, 2.24) is 24.1 Å². The molecule has 1 unspecified atom stereocenters. The van der Waals surface area contributed by atoms with Crippen LogP contribution in [-0.2, 0) is 23.0 Å². The minimum Gasteiger partial charge on any atom is -0.333 e. The van der Waals surface area contributed by atoms with E-state index in [-0.39, 0.29) is 11.9 Å². The summed E-state index contributed by atoms with van der Waals surface area (Å²) in [5.74, 6) is -0.189. The van der Waals surface area contributed by atoms with Gasteiger partial charge >= 0.3 is 0 Å². The van der Waals surface area contributed by atoms with Crippen molar-refractivity contribution in [3.63, 3.8) is 0 Å². The van der Waals surface area contributed by atoms with Crippen molar-refractivity contribution >= 4 is 15.9 Å². The van der Waals surface area contributed by atoms with Crippen LogP contribution in [0, 0.1) is 0 Å². The van der Waals surface area contributed by atoms with Gasteiger partial charge in [0.05, 0.1) is 11.1 Å². The van der Waals surface area contributed by atoms with Gasteiger partial charge in [-0.1, -0.05) is 6.07 Å². The third kappa shape index (κ3) is 3.90. The topological polar surface area (TPSA) is 86.7 Å². The first kappa shape index (κ1) is 19.9. The van der Waals surface area contributed by atoms with Crippen LogP contribution in [0.3, 0.4) is 0 Å². The monoisotopic (exact) mass is 415 g/mol. The van der Waals surface area contributed by atoms with E-state index in [9.17, 15) is 13.2 Å². The molecule has 9 heteroatoms. The fourth-order valence-electron chi connectivity index (χ4n) is 3.94. The molecule has 0 saturated carbocycles. The number of likely N-dealkylation sites (N-methyl/N-ethyl adjacent to an activating group) is 1. The highest BCUT2D eigenvalue weighted by molar-refractivity contribution is 7.89. The standard InChI is InChI=1S/C20H25N5O3S/c1-23(2)17-6-10-25(14-17)29(27,28)18-4-3-15-5-9-24(13-16(15)11-18)20(26)19-12-21-7-8-22-19/h3-4,7-8,11-12,17H,5-6,9-10,13-14H2,1-2H3. The number of sulfonamides is 1. The molecular weight excluding hydrogens is 390 g/mol. The van der Waals surface area contributed by atoms with Crippen molar-refractivity contribution < 1.29 is 13.2 Å². The predicted molar refractivity (Wildman–Crippen MR) is 108 cm³/mol. The maximum atomic E-state index is 13.1. The predicted octanol–water partition coefficient (Wildman–Crippen LogP) is 1.000. The molecule has 1 amide bonds. The van der Waals surface area contributed by atoms with Gasteiger partial charge in [-0.3, -0.25) is 9.78 Å². The van der Waals surface area contributed by atoms with Crippen LogP contribution in [-0.4, -0.2) is 78.2 Å². The molecule has 1 aromatic heterocycles. The molecule has 8 nitrogen and oxygen atoms in total. The van der Waals surface area contributed by atoms with Gasteiger partial charge in [-0.05, 0) is 50.2 Å². The number of carbonyl (C=O) groups is 1. The van der Waals surface area contributed by atoms with Gasteiger partial charge in [0.15, 0.2) is 0 Å². The van der Waals surface area contributed by atoms with Gasteiger partial charge in [0.1, 0.15) is 5.69 Å². The van der Waals surface area contributed by atoms with Gasteiger partial charge in [-0.25, -0.2) is 13.4 Å². The van der Waals surface area contributed by atoms with Crippen molar-refractivity contribution in [2.45, 2.75) is 30.3 Å². The highest BCUT2D eigenvalue weighted by atomic mass is 32.2. The number of hydrogen-bond acceptors (Lipinski definition) is 6. The van der Waals surface area contributed by atoms with E-state index in [0.717, 1.165) is 17.5 Å². The molecule has 0 bridgehead atoms. The highest BCUT2D eigenvalue weighted by Crippen LogP contribution is 2.27. The number of amides is 1. The zero-order chi connectivity index (χ0) is 20.6. The van der Waals surface area contributed by atoms with E-state index in [0.29, 0.717) is 43.2 Å². The Hall–Kier alpha value is -2.36. The van der Waals surface area contributed by atoms with E-state index >= 15 is 0 Å². The van der Waals surface area contributed by atoms with Crippen LogP contribution in [0.15, 0.2) is 41.7 Å². The maximum Gasteiger partial charge on any atom is 0.274 e. The number of aromatic nitrogens is 2. The Morgan fingerprint density at radius 1 is 1.17 bits per heavy atom. The third-order valence-electron chi connectivity index (χ3n) is 5.75. The molecule has 0 spiro atoms. The lowest BCUT2D eigenvalue weighted by molar-refractivity contribution is 0.0728. The second-order valence-electron chi connectivity index (χ2n) is 7.77. The van der Waals surface area contributed by atoms with Crippen LogP contribution >= 0.6 is 0 Å². The first-order valence-corrected chi connectivity index (χ1v) is 11.1. The first-order valence-electron chi connectivity index (χ1n) is 9.70. The summed E-state index contributed by atoms with van der Waals surface area (Å²) in [7, 11) is 0.402. The van der Waals surface area contributed by atoms with E-state index < -0.39 is 10.0 Å². The summed E-state index contributed by atoms with van der Waals surface area (Å²) in [4.78, 5) is 24.8. The molecule has 0 radical (unpaired) electrons. The van der Waals surface area contributed by atoms with Crippen molar-refractivity contribution in [1.29, 1.82) is 0 Å². The number of rotatable bonds is 4. The highest BCUT2D eigenvalue weighted by Gasteiger charge is 2.34. The van der Waals surface area contributed by atoms with Crippen molar-refractivity contribution in [2.24, 2.45) is 0 Å². The van der Waals surface area contributed by atoms with Gasteiger partial charge in [0, 0.05) is 44.6 Å². The molecule has 29 heavy (non-hydrogen) atoms. The van der Waals surface area contributed by atoms with Crippen LogP contribution in [0.5, 0.6) is 0 Å². The Balaban J connectivity index is 1.55. The summed E-state index contributed by atoms with van der Waals surface area (Å²) in [5.41, 5.74) is 2.25. The molecule has 2 aliphatic rings. The van der Waals surface area contributed by atoms with Crippen LogP contribution in [0.1, 0.15) is 28.0 Å². The van der Waals surface area contributed by atoms with Crippen LogP contribution < -0.4 is 0 Å². The third-order valence-corrected chi connectivity index (χ3v) is 7.61. The second kappa shape index (κ2) is 7.81. The minimum atomic E-state index is -3.55. The maximum absolute atomic E-state index is 13.1. The van der Waals surface area contributed by atoms with Crippen LogP contribution in [0.25, 0.3) is 0 Å². The molecule has 1 aromatic carbocycles. The molecule has 1 saturated heterocycles. The Bertz CT molecular complexity index is 1010. The van der Waals surface area contributed by atoms with Crippen molar-refractivity contribution in [2.75, 3.05) is 33.7 Å². The lowest BCUT2D eigenvalue weighted by Crippen LogP contribution is -2.37. The van der Waals surface area contributed by atoms with Gasteiger partial charge < -0.3 is 9.80 Å². The molecule has 154 valence electrons. The molecule has 4 rings (SSSR count). The summed E-state index contributed by atoms with van der Waals surface area (Å²) < 4.78 is 27.8. The van der Waals surface area contributed by atoms with Crippen LogP contribution in [0.2, 0.25) is 0 Å². The zero-order valence-electron chi connectivity index (χ0n) is 16.7. The summed E-state index contributed by atoms with van der Waals surface area (Å²) >= 11 is 0. The average molecular weight is 416 g/mol. The van der Waals surface area contributed by atoms with E-state index in [1.54, 1.807) is 21.3 Å². The molecule has 2 aliphatic heterocycles. The smallest absolute Gasteiger partial charge is 0.274 e. The Morgan fingerprint density at radius 2 is 2.00 bits per heavy atom. The van der Waals surface area contributed by atoms with E-state index in [2.05, 4.69) is 14.9 Å². The molecule has 2 aromatic rings. The second-order valence-corrected chi connectivity index (χ2v) is 9.70. The SMILES string of the molecule is CN(C)C1CCN(S(=O)(=O)c2ccc3c(c2)CN(C(=O)c2cnccn2)CC3)C1. The van der Waals surface area contributed by atoms with Gasteiger partial charge in [-0.15, -0.1) is 0 Å². The van der Waals surface area contributed by atoms with Gasteiger partial charge in [0.25, 0.3) is 5.91 Å². The molecule has 1 atom stereocenters. The van der Waals surface area contributed by atoms with Crippen LogP contribution in [0.4, 0.5) is 0 Å². The number of carbonyl (C=O) groups excluding carboxylic acids is 1. The Labute approximate surface area is 171 Å². The minimum absolute atomic E-state index is 0.189. The lowest BCUT2D eigenvalue weighted by Gasteiger charge is -2.29. The number of benzene rings is 1. The normalized spacial score (nSPS) is 20.1.